The standard InChI is InChI=1S/C27H26N4O4S/c1-3-5-14-30-24(32)22-15-19(4-2)36-25(22)31(27(30)34)16-17-10-12-18(13-11-17)20-8-6-7-9-21(20)23-28-26(33)35-29-23/h6-13,15H,3-5,14,16H2,1-2H3,(H,28,29,33). The zero-order chi connectivity index (χ0) is 25.2. The number of thiophene rings is 1. The van der Waals surface area contributed by atoms with E-state index in [0.29, 0.717) is 24.3 Å². The summed E-state index contributed by atoms with van der Waals surface area (Å²) in [6, 6.07) is 17.5. The first-order valence-electron chi connectivity index (χ1n) is 12.0. The number of H-pyrrole nitrogens is 1. The molecule has 0 atom stereocenters. The fourth-order valence-electron chi connectivity index (χ4n) is 4.34. The number of aromatic amines is 1. The van der Waals surface area contributed by atoms with Crippen molar-refractivity contribution >= 4 is 21.6 Å². The van der Waals surface area contributed by atoms with Crippen molar-refractivity contribution in [2.45, 2.75) is 46.2 Å². The van der Waals surface area contributed by atoms with Gasteiger partial charge in [-0.2, -0.15) is 0 Å². The maximum Gasteiger partial charge on any atom is 0.439 e. The van der Waals surface area contributed by atoms with Gasteiger partial charge in [-0.05, 0) is 35.6 Å². The van der Waals surface area contributed by atoms with Crippen molar-refractivity contribution in [1.29, 1.82) is 0 Å². The lowest BCUT2D eigenvalue weighted by molar-refractivity contribution is 0.388. The van der Waals surface area contributed by atoms with Gasteiger partial charge < -0.3 is 0 Å². The van der Waals surface area contributed by atoms with Crippen molar-refractivity contribution in [3.8, 4) is 22.5 Å². The van der Waals surface area contributed by atoms with Gasteiger partial charge in [-0.1, -0.05) is 74.0 Å². The first-order chi connectivity index (χ1) is 17.5. The molecule has 0 unspecified atom stereocenters. The van der Waals surface area contributed by atoms with E-state index in [4.69, 9.17) is 0 Å². The van der Waals surface area contributed by atoms with Gasteiger partial charge in [0, 0.05) is 17.0 Å². The molecule has 0 radical (unpaired) electrons. The van der Waals surface area contributed by atoms with Crippen molar-refractivity contribution < 1.29 is 4.52 Å². The van der Waals surface area contributed by atoms with Crippen LogP contribution in [0.25, 0.3) is 32.7 Å². The average molecular weight is 503 g/mol. The highest BCUT2D eigenvalue weighted by Gasteiger charge is 2.17. The van der Waals surface area contributed by atoms with Crippen LogP contribution in [0.4, 0.5) is 0 Å². The fourth-order valence-corrected chi connectivity index (χ4v) is 5.42. The van der Waals surface area contributed by atoms with E-state index in [1.54, 1.807) is 4.57 Å². The third-order valence-corrected chi connectivity index (χ3v) is 7.56. The number of nitrogens with one attached hydrogen (secondary N) is 1. The zero-order valence-corrected chi connectivity index (χ0v) is 20.9. The summed E-state index contributed by atoms with van der Waals surface area (Å²) in [5.74, 6) is -0.237. The van der Waals surface area contributed by atoms with Gasteiger partial charge in [-0.15, -0.1) is 11.3 Å². The summed E-state index contributed by atoms with van der Waals surface area (Å²) in [4.78, 5) is 42.3. The van der Waals surface area contributed by atoms with Gasteiger partial charge >= 0.3 is 11.4 Å². The quantitative estimate of drug-likeness (QED) is 0.333. The van der Waals surface area contributed by atoms with E-state index in [9.17, 15) is 14.4 Å². The Kier molecular flexibility index (Phi) is 6.56. The minimum atomic E-state index is -0.605. The van der Waals surface area contributed by atoms with Gasteiger partial charge in [0.1, 0.15) is 4.83 Å². The molecule has 0 amide bonds. The second-order valence-corrected chi connectivity index (χ2v) is 9.77. The Bertz CT molecular complexity index is 1700. The number of hydrogen-bond donors (Lipinski definition) is 1. The van der Waals surface area contributed by atoms with E-state index in [1.807, 2.05) is 68.4 Å². The van der Waals surface area contributed by atoms with Crippen LogP contribution >= 0.6 is 11.3 Å². The van der Waals surface area contributed by atoms with E-state index in [2.05, 4.69) is 14.7 Å². The maximum absolute atomic E-state index is 13.4. The number of nitrogens with zero attached hydrogens (tertiary/aromatic N) is 3. The Balaban J connectivity index is 1.54. The Morgan fingerprint density at radius 3 is 2.39 bits per heavy atom. The second-order valence-electron chi connectivity index (χ2n) is 8.65. The number of aryl methyl sites for hydroxylation is 1. The third kappa shape index (κ3) is 4.37. The average Bonchev–Trinajstić information content (AvgIpc) is 3.53. The Labute approximate surface area is 210 Å². The van der Waals surface area contributed by atoms with Crippen LogP contribution in [0, 0.1) is 0 Å². The van der Waals surface area contributed by atoms with Crippen LogP contribution in [0.5, 0.6) is 0 Å². The molecule has 2 aromatic carbocycles. The lowest BCUT2D eigenvalue weighted by Gasteiger charge is -2.13. The molecule has 3 heterocycles. The van der Waals surface area contributed by atoms with Crippen LogP contribution in [0.3, 0.4) is 0 Å². The molecule has 0 saturated carbocycles. The van der Waals surface area contributed by atoms with Gasteiger partial charge in [-0.3, -0.25) is 23.4 Å². The highest BCUT2D eigenvalue weighted by atomic mass is 32.1. The molecule has 8 nitrogen and oxygen atoms in total. The number of rotatable bonds is 8. The summed E-state index contributed by atoms with van der Waals surface area (Å²) in [6.07, 6.45) is 2.49. The summed E-state index contributed by atoms with van der Waals surface area (Å²) >= 11 is 1.51. The van der Waals surface area contributed by atoms with Crippen LogP contribution in [0.1, 0.15) is 37.1 Å². The Morgan fingerprint density at radius 2 is 1.72 bits per heavy atom. The van der Waals surface area contributed by atoms with Crippen LogP contribution in [0.2, 0.25) is 0 Å². The number of hydrogen-bond acceptors (Lipinski definition) is 6. The molecule has 0 aliphatic rings. The molecule has 0 fully saturated rings. The molecular formula is C27H26N4O4S. The molecule has 5 aromatic rings. The topological polar surface area (TPSA) is 103 Å². The fraction of sp³-hybridized carbons (Fsp3) is 0.259. The molecule has 5 rings (SSSR count). The molecule has 1 N–H and O–H groups in total. The van der Waals surface area contributed by atoms with Crippen molar-refractivity contribution in [3.05, 3.63) is 96.4 Å². The minimum absolute atomic E-state index is 0.200. The Hall–Kier alpha value is -3.98. The minimum Gasteiger partial charge on any atom is -0.296 e. The SMILES string of the molecule is CCCCn1c(=O)c2cc(CC)sc2n(Cc2ccc(-c3ccccc3-c3noc(=O)[nH]3)cc2)c1=O. The van der Waals surface area contributed by atoms with Gasteiger partial charge in [0.25, 0.3) is 5.56 Å². The van der Waals surface area contributed by atoms with Crippen molar-refractivity contribution in [2.75, 3.05) is 0 Å². The molecule has 0 spiro atoms. The summed E-state index contributed by atoms with van der Waals surface area (Å²) < 4.78 is 7.77. The lowest BCUT2D eigenvalue weighted by atomic mass is 9.98. The number of aromatic nitrogens is 4. The zero-order valence-electron chi connectivity index (χ0n) is 20.1. The molecule has 0 aliphatic heterocycles. The molecular weight excluding hydrogens is 476 g/mol. The van der Waals surface area contributed by atoms with Crippen molar-refractivity contribution in [1.82, 2.24) is 19.3 Å². The largest absolute Gasteiger partial charge is 0.439 e. The molecule has 0 bridgehead atoms. The monoisotopic (exact) mass is 502 g/mol. The predicted molar refractivity (Wildman–Crippen MR) is 142 cm³/mol. The van der Waals surface area contributed by atoms with Gasteiger partial charge in [0.15, 0.2) is 5.82 Å². The highest BCUT2D eigenvalue weighted by molar-refractivity contribution is 7.18. The van der Waals surface area contributed by atoms with Gasteiger partial charge in [-0.25, -0.2) is 9.59 Å². The van der Waals surface area contributed by atoms with E-state index < -0.39 is 5.76 Å². The molecule has 0 saturated heterocycles. The molecule has 0 aliphatic carbocycles. The van der Waals surface area contributed by atoms with Crippen LogP contribution in [-0.4, -0.2) is 19.3 Å². The van der Waals surface area contributed by atoms with E-state index >= 15 is 0 Å². The first-order valence-corrected chi connectivity index (χ1v) is 12.8. The normalized spacial score (nSPS) is 11.4. The van der Waals surface area contributed by atoms with Crippen LogP contribution < -0.4 is 17.0 Å². The molecule has 36 heavy (non-hydrogen) atoms. The van der Waals surface area contributed by atoms with Crippen LogP contribution in [0.15, 0.2) is 73.5 Å². The van der Waals surface area contributed by atoms with Crippen molar-refractivity contribution in [3.63, 3.8) is 0 Å². The first kappa shape index (κ1) is 23.7. The number of unbranched alkanes of at least 4 members (excludes halogenated alkanes) is 1. The maximum atomic E-state index is 13.4. The Morgan fingerprint density at radius 1 is 0.972 bits per heavy atom. The summed E-state index contributed by atoms with van der Waals surface area (Å²) in [6.45, 7) is 4.88. The smallest absolute Gasteiger partial charge is 0.296 e. The van der Waals surface area contributed by atoms with Gasteiger partial charge in [0.2, 0.25) is 0 Å². The summed E-state index contributed by atoms with van der Waals surface area (Å²) in [5, 5.41) is 4.43. The number of fused-ring (bicyclic) bond motifs is 1. The summed E-state index contributed by atoms with van der Waals surface area (Å²) in [5.41, 5.74) is 3.06. The lowest BCUT2D eigenvalue weighted by Crippen LogP contribution is -2.39. The van der Waals surface area contributed by atoms with E-state index in [0.717, 1.165) is 51.2 Å². The molecule has 3 aromatic heterocycles. The predicted octanol–water partition coefficient (Wildman–Crippen LogP) is 4.65. The molecule has 9 heteroatoms. The van der Waals surface area contributed by atoms with E-state index in [1.165, 1.54) is 15.9 Å². The van der Waals surface area contributed by atoms with Crippen molar-refractivity contribution in [2.24, 2.45) is 0 Å². The summed E-state index contributed by atoms with van der Waals surface area (Å²) in [7, 11) is 0. The van der Waals surface area contributed by atoms with Gasteiger partial charge in [0.05, 0.1) is 11.9 Å². The second kappa shape index (κ2) is 9.94. The van der Waals surface area contributed by atoms with E-state index in [-0.39, 0.29) is 11.2 Å². The number of benzene rings is 2. The third-order valence-electron chi connectivity index (χ3n) is 6.26. The highest BCUT2D eigenvalue weighted by Crippen LogP contribution is 2.30. The van der Waals surface area contributed by atoms with Crippen LogP contribution in [-0.2, 0) is 19.5 Å². The molecule has 184 valence electrons.